The van der Waals surface area contributed by atoms with Gasteiger partial charge in [0.1, 0.15) is 0 Å². The average molecular weight is 324 g/mol. The minimum atomic E-state index is -2.39. The van der Waals surface area contributed by atoms with E-state index in [2.05, 4.69) is 0 Å². The summed E-state index contributed by atoms with van der Waals surface area (Å²) in [7, 11) is 0. The van der Waals surface area contributed by atoms with Crippen molar-refractivity contribution in [3.63, 3.8) is 0 Å². The first-order valence-corrected chi connectivity index (χ1v) is 5.96. The Labute approximate surface area is 98.1 Å². The summed E-state index contributed by atoms with van der Waals surface area (Å²) in [5, 5.41) is 0.703. The van der Waals surface area contributed by atoms with Crippen molar-refractivity contribution in [1.29, 1.82) is 0 Å². The fourth-order valence-electron chi connectivity index (χ4n) is 1.46. The maximum Gasteiger partial charge on any atom is 0.265 e. The molecule has 0 radical (unpaired) electrons. The number of aryl methyl sites for hydroxylation is 1. The van der Waals surface area contributed by atoms with Crippen LogP contribution in [0.15, 0.2) is 18.2 Å². The molecule has 0 spiro atoms. The lowest BCUT2D eigenvalue weighted by atomic mass is 10.1. The van der Waals surface area contributed by atoms with Crippen molar-refractivity contribution in [2.24, 2.45) is 0 Å². The molecule has 0 nitrogen and oxygen atoms in total. The summed E-state index contributed by atoms with van der Waals surface area (Å²) < 4.78 is 27.1. The van der Waals surface area contributed by atoms with Crippen LogP contribution in [-0.2, 0) is 0 Å². The van der Waals surface area contributed by atoms with Gasteiger partial charge in [0.25, 0.3) is 6.43 Å². The molecule has 0 atom stereocenters. The van der Waals surface area contributed by atoms with Gasteiger partial charge in [-0.2, -0.15) is 0 Å². The highest BCUT2D eigenvalue weighted by atomic mass is 127. The average Bonchev–Trinajstić information content (AvgIpc) is 2.43. The van der Waals surface area contributed by atoms with Crippen LogP contribution in [0.4, 0.5) is 8.78 Å². The van der Waals surface area contributed by atoms with E-state index in [0.29, 0.717) is 8.96 Å². The summed E-state index contributed by atoms with van der Waals surface area (Å²) in [6.45, 7) is 1.94. The zero-order valence-corrected chi connectivity index (χ0v) is 10.3. The van der Waals surface area contributed by atoms with Crippen LogP contribution in [-0.4, -0.2) is 0 Å². The lowest BCUT2D eigenvalue weighted by Crippen LogP contribution is -1.89. The molecule has 1 heterocycles. The van der Waals surface area contributed by atoms with E-state index in [1.165, 1.54) is 0 Å². The molecule has 14 heavy (non-hydrogen) atoms. The summed E-state index contributed by atoms with van der Waals surface area (Å²) in [5.41, 5.74) is 0.174. The van der Waals surface area contributed by atoms with Gasteiger partial charge in [-0.25, -0.2) is 8.78 Å². The first-order chi connectivity index (χ1) is 6.59. The molecule has 1 aromatic heterocycles. The maximum atomic E-state index is 12.8. The Morgan fingerprint density at radius 2 is 2.07 bits per heavy atom. The van der Waals surface area contributed by atoms with Crippen molar-refractivity contribution < 1.29 is 8.78 Å². The van der Waals surface area contributed by atoms with E-state index in [0.717, 1.165) is 9.58 Å². The van der Waals surface area contributed by atoms with Gasteiger partial charge in [-0.1, -0.05) is 0 Å². The number of rotatable bonds is 1. The number of halogens is 3. The summed E-state index contributed by atoms with van der Waals surface area (Å²) in [5.74, 6) is 0. The van der Waals surface area contributed by atoms with Crippen LogP contribution in [0.3, 0.4) is 0 Å². The number of hydrogen-bond donors (Lipinski definition) is 0. The summed E-state index contributed by atoms with van der Waals surface area (Å²) >= 11 is 3.51. The Balaban J connectivity index is 2.82. The van der Waals surface area contributed by atoms with Gasteiger partial charge in [0, 0.05) is 24.1 Å². The quantitative estimate of drug-likeness (QED) is 0.664. The SMILES string of the molecule is Cc1cc2c(C(F)F)c(I)ccc2s1. The van der Waals surface area contributed by atoms with Gasteiger partial charge in [0.05, 0.1) is 0 Å². The van der Waals surface area contributed by atoms with Crippen molar-refractivity contribution >= 4 is 44.0 Å². The summed E-state index contributed by atoms with van der Waals surface area (Å²) in [4.78, 5) is 1.07. The summed E-state index contributed by atoms with van der Waals surface area (Å²) in [6.07, 6.45) is -2.39. The molecule has 2 aromatic rings. The highest BCUT2D eigenvalue weighted by Gasteiger charge is 2.16. The second-order valence-corrected chi connectivity index (χ2v) is 5.48. The van der Waals surface area contributed by atoms with Gasteiger partial charge < -0.3 is 0 Å². The molecule has 0 unspecified atom stereocenters. The lowest BCUT2D eigenvalue weighted by molar-refractivity contribution is 0.152. The Morgan fingerprint density at radius 1 is 1.36 bits per heavy atom. The van der Waals surface area contributed by atoms with E-state index >= 15 is 0 Å². The zero-order chi connectivity index (χ0) is 10.3. The predicted octanol–water partition coefficient (Wildman–Crippen LogP) is 4.75. The molecule has 0 fully saturated rings. The van der Waals surface area contributed by atoms with Crippen LogP contribution in [0.1, 0.15) is 16.9 Å². The number of alkyl halides is 2. The van der Waals surface area contributed by atoms with Gasteiger partial charge >= 0.3 is 0 Å². The number of fused-ring (bicyclic) bond motifs is 1. The minimum Gasteiger partial charge on any atom is -0.205 e. The van der Waals surface area contributed by atoms with E-state index in [1.807, 2.05) is 41.6 Å². The topological polar surface area (TPSA) is 0 Å². The van der Waals surface area contributed by atoms with E-state index in [-0.39, 0.29) is 5.56 Å². The van der Waals surface area contributed by atoms with E-state index < -0.39 is 6.43 Å². The Morgan fingerprint density at radius 3 is 2.71 bits per heavy atom. The van der Waals surface area contributed by atoms with Crippen molar-refractivity contribution in [3.05, 3.63) is 32.2 Å². The molecule has 0 aliphatic carbocycles. The van der Waals surface area contributed by atoms with E-state index in [9.17, 15) is 8.78 Å². The molecule has 0 N–H and O–H groups in total. The monoisotopic (exact) mass is 324 g/mol. The molecule has 0 amide bonds. The number of hydrogen-bond acceptors (Lipinski definition) is 1. The van der Waals surface area contributed by atoms with Gasteiger partial charge in [0.2, 0.25) is 0 Å². The van der Waals surface area contributed by atoms with Crippen LogP contribution in [0.25, 0.3) is 10.1 Å². The number of thiophene rings is 1. The van der Waals surface area contributed by atoms with Crippen LogP contribution in [0.5, 0.6) is 0 Å². The Kier molecular flexibility index (Phi) is 2.74. The third-order valence-corrected chi connectivity index (χ3v) is 3.99. The standard InChI is InChI=1S/C10H7F2IS/c1-5-4-6-8(14-5)3-2-7(13)9(6)10(11)12/h2-4,10H,1H3. The largest absolute Gasteiger partial charge is 0.265 e. The Bertz CT molecular complexity index is 476. The first-order valence-electron chi connectivity index (χ1n) is 4.06. The van der Waals surface area contributed by atoms with Gasteiger partial charge in [-0.3, -0.25) is 0 Å². The second-order valence-electron chi connectivity index (χ2n) is 3.03. The molecular weight excluding hydrogens is 317 g/mol. The van der Waals surface area contributed by atoms with Crippen molar-refractivity contribution in [1.82, 2.24) is 0 Å². The van der Waals surface area contributed by atoms with Gasteiger partial charge in [-0.15, -0.1) is 11.3 Å². The van der Waals surface area contributed by atoms with Crippen molar-refractivity contribution in [2.45, 2.75) is 13.3 Å². The molecule has 0 bridgehead atoms. The van der Waals surface area contributed by atoms with Crippen molar-refractivity contribution in [2.75, 3.05) is 0 Å². The molecule has 0 aliphatic rings. The third-order valence-electron chi connectivity index (χ3n) is 2.03. The second kappa shape index (κ2) is 3.73. The minimum absolute atomic E-state index is 0.174. The predicted molar refractivity (Wildman–Crippen MR) is 64.2 cm³/mol. The van der Waals surface area contributed by atoms with Crippen LogP contribution in [0, 0.1) is 10.5 Å². The Hall–Kier alpha value is -0.230. The van der Waals surface area contributed by atoms with Crippen LogP contribution >= 0.6 is 33.9 Å². The first kappa shape index (κ1) is 10.3. The fraction of sp³-hybridized carbons (Fsp3) is 0.200. The molecule has 4 heteroatoms. The third kappa shape index (κ3) is 1.65. The molecule has 0 saturated carbocycles. The van der Waals surface area contributed by atoms with Crippen LogP contribution in [0.2, 0.25) is 0 Å². The van der Waals surface area contributed by atoms with Gasteiger partial charge in [-0.05, 0) is 47.7 Å². The highest BCUT2D eigenvalue weighted by molar-refractivity contribution is 14.1. The van der Waals surface area contributed by atoms with E-state index in [1.54, 1.807) is 17.4 Å². The molecular formula is C10H7F2IS. The normalized spacial score (nSPS) is 11.5. The highest BCUT2D eigenvalue weighted by Crippen LogP contribution is 2.35. The van der Waals surface area contributed by atoms with Gasteiger partial charge in [0.15, 0.2) is 0 Å². The molecule has 0 aliphatic heterocycles. The zero-order valence-electron chi connectivity index (χ0n) is 7.35. The maximum absolute atomic E-state index is 12.8. The molecule has 1 aromatic carbocycles. The van der Waals surface area contributed by atoms with Crippen LogP contribution < -0.4 is 0 Å². The van der Waals surface area contributed by atoms with E-state index in [4.69, 9.17) is 0 Å². The number of benzene rings is 1. The molecule has 2 rings (SSSR count). The lowest BCUT2D eigenvalue weighted by Gasteiger charge is -2.04. The summed E-state index contributed by atoms with van der Waals surface area (Å²) in [6, 6.07) is 5.49. The molecule has 0 saturated heterocycles. The fourth-order valence-corrected chi connectivity index (χ4v) is 3.10. The smallest absolute Gasteiger partial charge is 0.205 e. The molecule has 74 valence electrons. The van der Waals surface area contributed by atoms with Crippen molar-refractivity contribution in [3.8, 4) is 0 Å².